The number of anilines is 1. The molecule has 0 radical (unpaired) electrons. The van der Waals surface area contributed by atoms with Gasteiger partial charge >= 0.3 is 18.3 Å². The van der Waals surface area contributed by atoms with E-state index < -0.39 is 30.5 Å². The van der Waals surface area contributed by atoms with Crippen molar-refractivity contribution < 1.29 is 37.3 Å². The van der Waals surface area contributed by atoms with Gasteiger partial charge in [-0.2, -0.15) is 18.9 Å². The van der Waals surface area contributed by atoms with Crippen LogP contribution in [0, 0.1) is 0 Å². The second-order valence-electron chi connectivity index (χ2n) is 6.48. The zero-order chi connectivity index (χ0) is 22.8. The Labute approximate surface area is 177 Å². The molecule has 0 spiro atoms. The van der Waals surface area contributed by atoms with Crippen molar-refractivity contribution in [3.63, 3.8) is 0 Å². The standard InChI is InChI=1S/C19H17F4N3O4S/c1-2-30-15(28)14-10-31-17(24-14)26-18(29,19(22,23)16(20)21)9-12(25-26)6-3-11-4-7-13(27)8-5-11/h3-8,10,16,27,29H,2,9H2,1H3/b6-3+/t18-/m1/s1. The molecule has 2 aromatic rings. The van der Waals surface area contributed by atoms with Crippen LogP contribution in [0.15, 0.2) is 40.8 Å². The van der Waals surface area contributed by atoms with Gasteiger partial charge < -0.3 is 14.9 Å². The van der Waals surface area contributed by atoms with E-state index in [9.17, 15) is 32.6 Å². The summed E-state index contributed by atoms with van der Waals surface area (Å²) in [6.07, 6.45) is -2.37. The summed E-state index contributed by atoms with van der Waals surface area (Å²) in [6, 6.07) is 5.86. The summed E-state index contributed by atoms with van der Waals surface area (Å²) in [7, 11) is 0. The number of phenolic OH excluding ortho intramolecular Hbond substituents is 1. The highest BCUT2D eigenvalue weighted by Crippen LogP contribution is 2.45. The molecule has 166 valence electrons. The van der Waals surface area contributed by atoms with E-state index in [-0.39, 0.29) is 28.9 Å². The van der Waals surface area contributed by atoms with Gasteiger partial charge in [-0.25, -0.2) is 18.6 Å². The molecule has 7 nitrogen and oxygen atoms in total. The van der Waals surface area contributed by atoms with Crippen LogP contribution in [0.4, 0.5) is 22.7 Å². The Balaban J connectivity index is 1.96. The SMILES string of the molecule is CCOC(=O)c1csc(N2N=C(/C=C/c3ccc(O)cc3)C[C@@]2(O)C(F)(F)C(F)F)n1. The monoisotopic (exact) mass is 459 g/mol. The molecule has 31 heavy (non-hydrogen) atoms. The van der Waals surface area contributed by atoms with Crippen molar-refractivity contribution in [1.82, 2.24) is 4.98 Å². The first-order valence-corrected chi connectivity index (χ1v) is 9.82. The molecule has 1 aromatic heterocycles. The number of phenols is 1. The highest BCUT2D eigenvalue weighted by Gasteiger charge is 2.66. The van der Waals surface area contributed by atoms with E-state index in [0.29, 0.717) is 21.9 Å². The molecule has 2 N–H and O–H groups in total. The van der Waals surface area contributed by atoms with E-state index in [4.69, 9.17) is 4.74 Å². The Morgan fingerprint density at radius 3 is 2.65 bits per heavy atom. The van der Waals surface area contributed by atoms with E-state index >= 15 is 0 Å². The van der Waals surface area contributed by atoms with Gasteiger partial charge in [0.15, 0.2) is 5.69 Å². The minimum atomic E-state index is -4.86. The van der Waals surface area contributed by atoms with E-state index in [2.05, 4.69) is 10.1 Å². The lowest BCUT2D eigenvalue weighted by Crippen LogP contribution is -2.60. The van der Waals surface area contributed by atoms with Gasteiger partial charge in [-0.3, -0.25) is 0 Å². The van der Waals surface area contributed by atoms with Gasteiger partial charge in [0.25, 0.3) is 0 Å². The summed E-state index contributed by atoms with van der Waals surface area (Å²) in [6.45, 7) is 1.61. The fourth-order valence-electron chi connectivity index (χ4n) is 2.74. The summed E-state index contributed by atoms with van der Waals surface area (Å²) >= 11 is 0.666. The molecule has 1 atom stereocenters. The van der Waals surface area contributed by atoms with Gasteiger partial charge in [-0.1, -0.05) is 18.2 Å². The average molecular weight is 459 g/mol. The van der Waals surface area contributed by atoms with Crippen LogP contribution in [0.25, 0.3) is 6.08 Å². The van der Waals surface area contributed by atoms with Gasteiger partial charge in [0, 0.05) is 11.8 Å². The van der Waals surface area contributed by atoms with E-state index in [1.807, 2.05) is 0 Å². The molecule has 1 aromatic carbocycles. The fourth-order valence-corrected chi connectivity index (χ4v) is 3.55. The minimum absolute atomic E-state index is 0.0219. The maximum absolute atomic E-state index is 14.4. The van der Waals surface area contributed by atoms with Crippen LogP contribution in [-0.4, -0.2) is 51.6 Å². The number of carbonyl (C=O) groups excluding carboxylic acids is 1. The third kappa shape index (κ3) is 4.39. The Morgan fingerprint density at radius 1 is 1.35 bits per heavy atom. The number of ether oxygens (including phenoxy) is 1. The van der Waals surface area contributed by atoms with Crippen LogP contribution in [-0.2, 0) is 4.74 Å². The lowest BCUT2D eigenvalue weighted by Gasteiger charge is -2.36. The van der Waals surface area contributed by atoms with Gasteiger partial charge in [0.1, 0.15) is 5.75 Å². The molecule has 0 saturated carbocycles. The van der Waals surface area contributed by atoms with Gasteiger partial charge in [-0.15, -0.1) is 11.3 Å². The number of rotatable bonds is 7. The smallest absolute Gasteiger partial charge is 0.357 e. The molecule has 1 aliphatic heterocycles. The van der Waals surface area contributed by atoms with Crippen LogP contribution < -0.4 is 5.01 Å². The number of aromatic hydroxyl groups is 1. The minimum Gasteiger partial charge on any atom is -0.508 e. The van der Waals surface area contributed by atoms with Crippen LogP contribution in [0.3, 0.4) is 0 Å². The Hall–Kier alpha value is -2.99. The number of esters is 1. The van der Waals surface area contributed by atoms with Crippen LogP contribution in [0.5, 0.6) is 5.75 Å². The summed E-state index contributed by atoms with van der Waals surface area (Å²) in [5.74, 6) is -5.67. The maximum Gasteiger partial charge on any atom is 0.357 e. The van der Waals surface area contributed by atoms with Gasteiger partial charge in [0.2, 0.25) is 10.9 Å². The molecular formula is C19H17F4N3O4S. The van der Waals surface area contributed by atoms with Gasteiger partial charge in [-0.05, 0) is 30.7 Å². The number of halogens is 4. The molecule has 0 bridgehead atoms. The summed E-state index contributed by atoms with van der Waals surface area (Å²) in [5, 5.41) is 24.9. The Bertz CT molecular complexity index is 1010. The third-order valence-electron chi connectivity index (χ3n) is 4.33. The number of thiazole rings is 1. The topological polar surface area (TPSA) is 95.2 Å². The van der Waals surface area contributed by atoms with E-state index in [1.165, 1.54) is 41.8 Å². The summed E-state index contributed by atoms with van der Waals surface area (Å²) in [5.41, 5.74) is -3.18. The number of benzene rings is 1. The third-order valence-corrected chi connectivity index (χ3v) is 5.15. The number of carbonyl (C=O) groups is 1. The lowest BCUT2D eigenvalue weighted by molar-refractivity contribution is -0.237. The number of aromatic nitrogens is 1. The molecule has 12 heteroatoms. The summed E-state index contributed by atoms with van der Waals surface area (Å²) in [4.78, 5) is 15.6. The van der Waals surface area contributed by atoms with Crippen LogP contribution >= 0.6 is 11.3 Å². The molecule has 0 amide bonds. The molecule has 0 aliphatic carbocycles. The van der Waals surface area contributed by atoms with Crippen molar-refractivity contribution in [2.45, 2.75) is 31.4 Å². The zero-order valence-corrected chi connectivity index (χ0v) is 16.8. The fraction of sp³-hybridized carbons (Fsp3) is 0.316. The van der Waals surface area contributed by atoms with Crippen molar-refractivity contribution in [2.75, 3.05) is 11.6 Å². The van der Waals surface area contributed by atoms with E-state index in [0.717, 1.165) is 0 Å². The molecule has 1 aliphatic rings. The number of aliphatic hydroxyl groups is 1. The zero-order valence-electron chi connectivity index (χ0n) is 16.0. The van der Waals surface area contributed by atoms with Crippen LogP contribution in [0.1, 0.15) is 29.4 Å². The van der Waals surface area contributed by atoms with Crippen molar-refractivity contribution in [3.8, 4) is 5.75 Å². The predicted octanol–water partition coefficient (Wildman–Crippen LogP) is 3.89. The largest absolute Gasteiger partial charge is 0.508 e. The second-order valence-corrected chi connectivity index (χ2v) is 7.32. The highest BCUT2D eigenvalue weighted by molar-refractivity contribution is 7.14. The molecule has 3 rings (SSSR count). The van der Waals surface area contributed by atoms with Gasteiger partial charge in [0.05, 0.1) is 12.3 Å². The number of nitrogens with zero attached hydrogens (tertiary/aromatic N) is 3. The van der Waals surface area contributed by atoms with Crippen LogP contribution in [0.2, 0.25) is 0 Å². The maximum atomic E-state index is 14.4. The van der Waals surface area contributed by atoms with Crippen molar-refractivity contribution >= 4 is 34.2 Å². The quantitative estimate of drug-likeness (QED) is 0.482. The number of hydrogen-bond donors (Lipinski definition) is 2. The Morgan fingerprint density at radius 2 is 2.03 bits per heavy atom. The molecule has 2 heterocycles. The lowest BCUT2D eigenvalue weighted by atomic mass is 9.99. The first-order valence-electron chi connectivity index (χ1n) is 8.94. The highest BCUT2D eigenvalue weighted by atomic mass is 32.1. The van der Waals surface area contributed by atoms with E-state index in [1.54, 1.807) is 6.92 Å². The Kier molecular flexibility index (Phi) is 6.32. The first kappa shape index (κ1) is 22.7. The number of allylic oxidation sites excluding steroid dienone is 1. The molecule has 0 saturated heterocycles. The summed E-state index contributed by atoms with van der Waals surface area (Å²) < 4.78 is 59.7. The molecule has 0 unspecified atom stereocenters. The predicted molar refractivity (Wildman–Crippen MR) is 106 cm³/mol. The number of alkyl halides is 4. The molecular weight excluding hydrogens is 442 g/mol. The van der Waals surface area contributed by atoms with Crippen molar-refractivity contribution in [3.05, 3.63) is 47.0 Å². The number of hydrogen-bond acceptors (Lipinski definition) is 8. The molecule has 0 fully saturated rings. The van der Waals surface area contributed by atoms with Crippen molar-refractivity contribution in [2.24, 2.45) is 5.10 Å². The second kappa shape index (κ2) is 8.63. The number of hydrazone groups is 1. The first-order chi connectivity index (χ1) is 14.6. The average Bonchev–Trinajstić information content (AvgIpc) is 3.33. The van der Waals surface area contributed by atoms with Crippen molar-refractivity contribution in [1.29, 1.82) is 0 Å². The normalized spacial score (nSPS) is 19.3.